The van der Waals surface area contributed by atoms with E-state index in [1.54, 1.807) is 0 Å². The number of hydrogen-bond acceptors (Lipinski definition) is 3. The van der Waals surface area contributed by atoms with Gasteiger partial charge in [-0.25, -0.2) is 0 Å². The second-order valence-electron chi connectivity index (χ2n) is 3.58. The third kappa shape index (κ3) is 2.62. The van der Waals surface area contributed by atoms with E-state index >= 15 is 0 Å². The Bertz CT molecular complexity index is 369. The van der Waals surface area contributed by atoms with E-state index in [1.807, 2.05) is 19.1 Å². The van der Waals surface area contributed by atoms with Gasteiger partial charge < -0.3 is 15.2 Å². The Morgan fingerprint density at radius 1 is 1.56 bits per heavy atom. The summed E-state index contributed by atoms with van der Waals surface area (Å²) in [6.45, 7) is 3.52. The van der Waals surface area contributed by atoms with E-state index in [2.05, 4.69) is 21.2 Å². The average molecular weight is 309 g/mol. The van der Waals surface area contributed by atoms with Crippen molar-refractivity contribution in [3.63, 3.8) is 0 Å². The van der Waals surface area contributed by atoms with E-state index in [1.165, 1.54) is 0 Å². The van der Waals surface area contributed by atoms with Gasteiger partial charge in [-0.1, -0.05) is 0 Å². The molecule has 0 amide bonds. The van der Waals surface area contributed by atoms with Gasteiger partial charge in [0.25, 0.3) is 0 Å². The molecule has 1 aromatic carbocycles. The maximum Gasteiger partial charge on any atom is 0.172 e. The summed E-state index contributed by atoms with van der Waals surface area (Å²) in [4.78, 5) is 0. The maximum atomic E-state index is 9.73. The van der Waals surface area contributed by atoms with Crippen LogP contribution in [0.3, 0.4) is 0 Å². The summed E-state index contributed by atoms with van der Waals surface area (Å²) in [6, 6.07) is 4.25. The van der Waals surface area contributed by atoms with Crippen LogP contribution in [0.4, 0.5) is 0 Å². The first-order chi connectivity index (χ1) is 7.22. The van der Waals surface area contributed by atoms with Gasteiger partial charge in [-0.3, -0.25) is 0 Å². The summed E-state index contributed by atoms with van der Waals surface area (Å²) in [5.41, 5.74) is 1.16. The Hall–Kier alpha value is -0.450. The Labute approximate surface area is 110 Å². The first-order valence-corrected chi connectivity index (χ1v) is 5.90. The molecule has 90 valence electrons. The summed E-state index contributed by atoms with van der Waals surface area (Å²) < 4.78 is 6.06. The van der Waals surface area contributed by atoms with Crippen LogP contribution in [0.25, 0.3) is 0 Å². The lowest BCUT2D eigenvalue weighted by atomic mass is 9.98. The number of benzene rings is 1. The highest BCUT2D eigenvalue weighted by atomic mass is 79.9. The number of ether oxygens (including phenoxy) is 1. The quantitative estimate of drug-likeness (QED) is 0.902. The molecule has 1 aromatic rings. The third-order valence-corrected chi connectivity index (χ3v) is 3.18. The van der Waals surface area contributed by atoms with E-state index in [9.17, 15) is 5.11 Å². The fourth-order valence-electron chi connectivity index (χ4n) is 1.63. The van der Waals surface area contributed by atoms with Gasteiger partial charge >= 0.3 is 0 Å². The van der Waals surface area contributed by atoms with Crippen molar-refractivity contribution >= 4 is 28.3 Å². The number of aromatic hydroxyl groups is 1. The maximum absolute atomic E-state index is 9.73. The Morgan fingerprint density at radius 2 is 2.25 bits per heavy atom. The highest BCUT2D eigenvalue weighted by Gasteiger charge is 2.21. The standard InChI is InChI=1S/C11H14BrNO2.ClH/c1-2-15-10-6-7(9-3-4-13-9)5-8(12)11(10)14;/h5-6,9,13-14H,2-4H2,1H3;1H/t9-;/m1./s1. The van der Waals surface area contributed by atoms with Gasteiger partial charge in [-0.05, 0) is 53.5 Å². The van der Waals surface area contributed by atoms with Crippen LogP contribution in [0.1, 0.15) is 24.9 Å². The number of halogens is 2. The first-order valence-electron chi connectivity index (χ1n) is 5.11. The van der Waals surface area contributed by atoms with Crippen molar-refractivity contribution in [2.45, 2.75) is 19.4 Å². The van der Waals surface area contributed by atoms with Gasteiger partial charge in [0.1, 0.15) is 0 Å². The van der Waals surface area contributed by atoms with Crippen molar-refractivity contribution in [2.75, 3.05) is 13.2 Å². The van der Waals surface area contributed by atoms with Crippen molar-refractivity contribution in [3.05, 3.63) is 22.2 Å². The summed E-state index contributed by atoms with van der Waals surface area (Å²) in [6.07, 6.45) is 1.14. The predicted octanol–water partition coefficient (Wildman–Crippen LogP) is 3.01. The number of phenolic OH excluding ortho intramolecular Hbond substituents is 1. The molecule has 1 heterocycles. The molecule has 1 saturated heterocycles. The zero-order valence-corrected chi connectivity index (χ0v) is 11.4. The van der Waals surface area contributed by atoms with Gasteiger partial charge in [0.2, 0.25) is 0 Å². The molecule has 0 spiro atoms. The predicted molar refractivity (Wildman–Crippen MR) is 69.6 cm³/mol. The van der Waals surface area contributed by atoms with Crippen LogP contribution < -0.4 is 10.1 Å². The first kappa shape index (κ1) is 13.6. The molecule has 1 aliphatic heterocycles. The number of nitrogens with one attached hydrogen (secondary N) is 1. The SMILES string of the molecule is CCOc1cc([C@H]2CCN2)cc(Br)c1O.Cl. The minimum absolute atomic E-state index is 0. The zero-order valence-electron chi connectivity index (χ0n) is 9.00. The Kier molecular flexibility index (Phi) is 4.89. The van der Waals surface area contributed by atoms with E-state index in [-0.39, 0.29) is 18.2 Å². The van der Waals surface area contributed by atoms with Crippen LogP contribution in [-0.4, -0.2) is 18.3 Å². The van der Waals surface area contributed by atoms with E-state index in [0.717, 1.165) is 18.5 Å². The third-order valence-electron chi connectivity index (χ3n) is 2.58. The van der Waals surface area contributed by atoms with Gasteiger partial charge in [-0.2, -0.15) is 0 Å². The second kappa shape index (κ2) is 5.75. The molecule has 0 aromatic heterocycles. The van der Waals surface area contributed by atoms with Crippen LogP contribution in [0.15, 0.2) is 16.6 Å². The molecule has 0 aliphatic carbocycles. The van der Waals surface area contributed by atoms with Crippen molar-refractivity contribution < 1.29 is 9.84 Å². The molecule has 2 N–H and O–H groups in total. The molecule has 2 rings (SSSR count). The Balaban J connectivity index is 0.00000128. The summed E-state index contributed by atoms with van der Waals surface area (Å²) in [5.74, 6) is 0.732. The van der Waals surface area contributed by atoms with Gasteiger partial charge in [-0.15, -0.1) is 12.4 Å². The lowest BCUT2D eigenvalue weighted by Crippen LogP contribution is -2.34. The molecule has 0 radical (unpaired) electrons. The zero-order chi connectivity index (χ0) is 10.8. The molecular formula is C11H15BrClNO2. The molecule has 1 aliphatic rings. The van der Waals surface area contributed by atoms with Gasteiger partial charge in [0, 0.05) is 6.04 Å². The summed E-state index contributed by atoms with van der Waals surface area (Å²) >= 11 is 3.33. The van der Waals surface area contributed by atoms with Gasteiger partial charge in [0.15, 0.2) is 11.5 Å². The van der Waals surface area contributed by atoms with E-state index in [4.69, 9.17) is 4.74 Å². The molecule has 3 nitrogen and oxygen atoms in total. The monoisotopic (exact) mass is 307 g/mol. The molecule has 1 atom stereocenters. The molecule has 1 fully saturated rings. The van der Waals surface area contributed by atoms with Crippen LogP contribution in [-0.2, 0) is 0 Å². The van der Waals surface area contributed by atoms with Crippen LogP contribution in [0.5, 0.6) is 11.5 Å². The number of phenols is 1. The fraction of sp³-hybridized carbons (Fsp3) is 0.455. The minimum Gasteiger partial charge on any atom is -0.503 e. The van der Waals surface area contributed by atoms with Crippen molar-refractivity contribution in [2.24, 2.45) is 0 Å². The minimum atomic E-state index is 0. The van der Waals surface area contributed by atoms with Gasteiger partial charge in [0.05, 0.1) is 11.1 Å². The molecular weight excluding hydrogens is 293 g/mol. The molecule has 0 saturated carbocycles. The van der Waals surface area contributed by atoms with Crippen molar-refractivity contribution in [3.8, 4) is 11.5 Å². The largest absolute Gasteiger partial charge is 0.503 e. The Morgan fingerprint density at radius 3 is 2.75 bits per heavy atom. The smallest absolute Gasteiger partial charge is 0.172 e. The van der Waals surface area contributed by atoms with E-state index < -0.39 is 0 Å². The molecule has 5 heteroatoms. The van der Waals surface area contributed by atoms with Crippen LogP contribution in [0.2, 0.25) is 0 Å². The van der Waals surface area contributed by atoms with Crippen LogP contribution in [0, 0.1) is 0 Å². The molecule has 0 unspecified atom stereocenters. The lowest BCUT2D eigenvalue weighted by molar-refractivity contribution is 0.314. The number of rotatable bonds is 3. The van der Waals surface area contributed by atoms with Crippen molar-refractivity contribution in [1.82, 2.24) is 5.32 Å². The summed E-state index contributed by atoms with van der Waals surface area (Å²) in [5, 5.41) is 13.1. The number of hydrogen-bond donors (Lipinski definition) is 2. The second-order valence-corrected chi connectivity index (χ2v) is 4.43. The van der Waals surface area contributed by atoms with Crippen LogP contribution >= 0.6 is 28.3 Å². The summed E-state index contributed by atoms with van der Waals surface area (Å²) in [7, 11) is 0. The van der Waals surface area contributed by atoms with E-state index in [0.29, 0.717) is 22.9 Å². The molecule has 16 heavy (non-hydrogen) atoms. The lowest BCUT2D eigenvalue weighted by Gasteiger charge is -2.28. The van der Waals surface area contributed by atoms with Crippen molar-refractivity contribution in [1.29, 1.82) is 0 Å². The highest BCUT2D eigenvalue weighted by Crippen LogP contribution is 2.38. The topological polar surface area (TPSA) is 41.5 Å². The fourth-order valence-corrected chi connectivity index (χ4v) is 2.09. The average Bonchev–Trinajstić information content (AvgIpc) is 2.11. The normalized spacial score (nSPS) is 18.5. The molecule has 0 bridgehead atoms. The highest BCUT2D eigenvalue weighted by molar-refractivity contribution is 9.10.